The molecule has 0 saturated heterocycles. The third-order valence-corrected chi connectivity index (χ3v) is 5.56. The van der Waals surface area contributed by atoms with Crippen molar-refractivity contribution >= 4 is 22.7 Å². The van der Waals surface area contributed by atoms with E-state index in [-0.39, 0.29) is 5.82 Å². The number of halogens is 1. The van der Waals surface area contributed by atoms with Crippen molar-refractivity contribution in [2.24, 2.45) is 0 Å². The summed E-state index contributed by atoms with van der Waals surface area (Å²) in [6.07, 6.45) is 2.72. The van der Waals surface area contributed by atoms with Gasteiger partial charge in [0.1, 0.15) is 5.82 Å². The maximum atomic E-state index is 14.0. The minimum Gasteiger partial charge on any atom is -0.302 e. The van der Waals surface area contributed by atoms with E-state index in [2.05, 4.69) is 51.8 Å². The first-order chi connectivity index (χ1) is 13.7. The maximum Gasteiger partial charge on any atom is 0.191 e. The largest absolute Gasteiger partial charge is 0.302 e. The summed E-state index contributed by atoms with van der Waals surface area (Å²) in [4.78, 5) is 4.43. The van der Waals surface area contributed by atoms with Crippen molar-refractivity contribution in [2.75, 3.05) is 0 Å². The van der Waals surface area contributed by atoms with Crippen molar-refractivity contribution in [3.8, 4) is 11.4 Å². The average molecular weight is 393 g/mol. The van der Waals surface area contributed by atoms with Crippen LogP contribution in [0.1, 0.15) is 24.5 Å². The molecule has 0 spiro atoms. The van der Waals surface area contributed by atoms with Crippen LogP contribution in [-0.4, -0.2) is 19.7 Å². The second-order valence-electron chi connectivity index (χ2n) is 6.76. The second kappa shape index (κ2) is 8.10. The summed E-state index contributed by atoms with van der Waals surface area (Å²) < 4.78 is 16.2. The highest BCUT2D eigenvalue weighted by Gasteiger charge is 2.15. The molecule has 4 aromatic rings. The summed E-state index contributed by atoms with van der Waals surface area (Å²) in [6, 6.07) is 15.1. The van der Waals surface area contributed by atoms with Crippen LogP contribution in [0.5, 0.6) is 0 Å². The number of nitrogens with zero attached hydrogens (tertiary/aromatic N) is 4. The van der Waals surface area contributed by atoms with Gasteiger partial charge in [-0.1, -0.05) is 48.5 Å². The van der Waals surface area contributed by atoms with Crippen LogP contribution in [0.2, 0.25) is 0 Å². The van der Waals surface area contributed by atoms with Gasteiger partial charge in [0.15, 0.2) is 11.0 Å². The van der Waals surface area contributed by atoms with Crippen LogP contribution in [0.4, 0.5) is 4.39 Å². The predicted octanol–water partition coefficient (Wildman–Crippen LogP) is 5.64. The van der Waals surface area contributed by atoms with Crippen LogP contribution in [-0.2, 0) is 12.3 Å². The number of thioether (sulfide) groups is 1. The van der Waals surface area contributed by atoms with Gasteiger partial charge in [0.2, 0.25) is 0 Å². The monoisotopic (exact) mass is 392 g/mol. The van der Waals surface area contributed by atoms with E-state index in [1.165, 1.54) is 11.6 Å². The Hall–Kier alpha value is -2.73. The van der Waals surface area contributed by atoms with Gasteiger partial charge in [-0.25, -0.2) is 4.39 Å². The summed E-state index contributed by atoms with van der Waals surface area (Å²) in [6.45, 7) is 5.04. The molecule has 2 aromatic carbocycles. The Morgan fingerprint density at radius 1 is 1.07 bits per heavy atom. The van der Waals surface area contributed by atoms with Gasteiger partial charge in [0.25, 0.3) is 0 Å². The standard InChI is InChI=1S/C22H21FN4S/c1-3-10-27-21(17-7-4-6-15(2)11-17)25-26-22(27)28-14-18-13-19(23)12-16-8-5-9-24-20(16)18/h4-9,11-13H,3,10,14H2,1-2H3. The van der Waals surface area contributed by atoms with E-state index in [9.17, 15) is 4.39 Å². The van der Waals surface area contributed by atoms with E-state index in [1.807, 2.05) is 18.2 Å². The first-order valence-electron chi connectivity index (χ1n) is 9.32. The van der Waals surface area contributed by atoms with Gasteiger partial charge < -0.3 is 4.57 Å². The minimum atomic E-state index is -0.244. The van der Waals surface area contributed by atoms with E-state index in [0.717, 1.165) is 46.0 Å². The number of benzene rings is 2. The van der Waals surface area contributed by atoms with Crippen molar-refractivity contribution < 1.29 is 4.39 Å². The molecule has 0 radical (unpaired) electrons. The zero-order valence-electron chi connectivity index (χ0n) is 15.9. The molecule has 2 aromatic heterocycles. The molecule has 0 aliphatic heterocycles. The second-order valence-corrected chi connectivity index (χ2v) is 7.70. The number of aromatic nitrogens is 4. The smallest absolute Gasteiger partial charge is 0.191 e. The molecule has 142 valence electrons. The number of pyridine rings is 1. The van der Waals surface area contributed by atoms with Gasteiger partial charge in [0, 0.05) is 29.4 Å². The number of rotatable bonds is 6. The number of hydrogen-bond acceptors (Lipinski definition) is 4. The van der Waals surface area contributed by atoms with Crippen molar-refractivity contribution in [3.63, 3.8) is 0 Å². The molecule has 0 N–H and O–H groups in total. The Balaban J connectivity index is 1.66. The highest BCUT2D eigenvalue weighted by molar-refractivity contribution is 7.98. The van der Waals surface area contributed by atoms with E-state index in [0.29, 0.717) is 5.75 Å². The quantitative estimate of drug-likeness (QED) is 0.398. The summed E-state index contributed by atoms with van der Waals surface area (Å²) >= 11 is 1.57. The zero-order valence-corrected chi connectivity index (χ0v) is 16.7. The van der Waals surface area contributed by atoms with Crippen molar-refractivity contribution in [2.45, 2.75) is 37.7 Å². The van der Waals surface area contributed by atoms with Gasteiger partial charge in [-0.3, -0.25) is 4.98 Å². The average Bonchev–Trinajstić information content (AvgIpc) is 3.09. The predicted molar refractivity (Wildman–Crippen MR) is 112 cm³/mol. The fourth-order valence-electron chi connectivity index (χ4n) is 3.30. The molecule has 0 aliphatic carbocycles. The molecule has 6 heteroatoms. The lowest BCUT2D eigenvalue weighted by atomic mass is 10.1. The molecule has 0 saturated carbocycles. The topological polar surface area (TPSA) is 43.6 Å². The molecule has 0 aliphatic rings. The highest BCUT2D eigenvalue weighted by atomic mass is 32.2. The molecule has 0 fully saturated rings. The normalized spacial score (nSPS) is 11.2. The molecular formula is C22H21FN4S. The molecular weight excluding hydrogens is 371 g/mol. The molecule has 4 nitrogen and oxygen atoms in total. The Labute approximate surface area is 167 Å². The molecule has 0 atom stereocenters. The Bertz CT molecular complexity index is 1120. The lowest BCUT2D eigenvalue weighted by molar-refractivity contribution is 0.625. The zero-order chi connectivity index (χ0) is 19.5. The first kappa shape index (κ1) is 18.6. The van der Waals surface area contributed by atoms with Crippen molar-refractivity contribution in [1.29, 1.82) is 0 Å². The van der Waals surface area contributed by atoms with E-state index in [1.54, 1.807) is 24.0 Å². The van der Waals surface area contributed by atoms with Crippen molar-refractivity contribution in [3.05, 3.63) is 71.7 Å². The maximum absolute atomic E-state index is 14.0. The van der Waals surface area contributed by atoms with Crippen LogP contribution in [0, 0.1) is 12.7 Å². The Kier molecular flexibility index (Phi) is 5.39. The minimum absolute atomic E-state index is 0.244. The van der Waals surface area contributed by atoms with Crippen LogP contribution < -0.4 is 0 Å². The fourth-order valence-corrected chi connectivity index (χ4v) is 4.24. The summed E-state index contributed by atoms with van der Waals surface area (Å²) in [5, 5.41) is 10.5. The van der Waals surface area contributed by atoms with Gasteiger partial charge >= 0.3 is 0 Å². The molecule has 0 amide bonds. The van der Waals surface area contributed by atoms with Crippen LogP contribution in [0.15, 0.2) is 59.9 Å². The van der Waals surface area contributed by atoms with E-state index >= 15 is 0 Å². The molecule has 28 heavy (non-hydrogen) atoms. The third-order valence-electron chi connectivity index (χ3n) is 4.55. The first-order valence-corrected chi connectivity index (χ1v) is 10.3. The van der Waals surface area contributed by atoms with Crippen LogP contribution >= 0.6 is 11.8 Å². The third kappa shape index (κ3) is 3.78. The summed E-state index contributed by atoms with van der Waals surface area (Å²) in [5.41, 5.74) is 3.95. The SMILES string of the molecule is CCCn1c(SCc2cc(F)cc3cccnc23)nnc1-c1cccc(C)c1. The van der Waals surface area contributed by atoms with Crippen LogP contribution in [0.3, 0.4) is 0 Å². The Morgan fingerprint density at radius 2 is 1.96 bits per heavy atom. The van der Waals surface area contributed by atoms with Gasteiger partial charge in [-0.2, -0.15) is 0 Å². The molecule has 0 unspecified atom stereocenters. The van der Waals surface area contributed by atoms with Gasteiger partial charge in [-0.05, 0) is 43.2 Å². The Morgan fingerprint density at radius 3 is 2.79 bits per heavy atom. The highest BCUT2D eigenvalue weighted by Crippen LogP contribution is 2.29. The number of hydrogen-bond donors (Lipinski definition) is 0. The lowest BCUT2D eigenvalue weighted by Gasteiger charge is -2.10. The number of aryl methyl sites for hydroxylation is 1. The van der Waals surface area contributed by atoms with Crippen molar-refractivity contribution in [1.82, 2.24) is 19.7 Å². The van der Waals surface area contributed by atoms with E-state index < -0.39 is 0 Å². The summed E-state index contributed by atoms with van der Waals surface area (Å²) in [5.74, 6) is 1.21. The molecule has 2 heterocycles. The molecule has 4 rings (SSSR count). The number of fused-ring (bicyclic) bond motifs is 1. The van der Waals surface area contributed by atoms with Gasteiger partial charge in [-0.15, -0.1) is 10.2 Å². The fraction of sp³-hybridized carbons (Fsp3) is 0.227. The molecule has 0 bridgehead atoms. The summed E-state index contributed by atoms with van der Waals surface area (Å²) in [7, 11) is 0. The van der Waals surface area contributed by atoms with Crippen LogP contribution in [0.25, 0.3) is 22.3 Å². The van der Waals surface area contributed by atoms with Gasteiger partial charge in [0.05, 0.1) is 5.52 Å². The lowest BCUT2D eigenvalue weighted by Crippen LogP contribution is -2.02. The van der Waals surface area contributed by atoms with E-state index in [4.69, 9.17) is 0 Å².